The molecule has 0 atom stereocenters. The van der Waals surface area contributed by atoms with E-state index in [1.54, 1.807) is 6.08 Å². The second-order valence-corrected chi connectivity index (χ2v) is 6.45. The number of para-hydroxylation sites is 1. The number of carbonyl (C=O) groups is 1. The van der Waals surface area contributed by atoms with Crippen LogP contribution in [0, 0.1) is 13.8 Å². The van der Waals surface area contributed by atoms with Crippen LogP contribution in [0.2, 0.25) is 0 Å². The SMILES string of the molecule is Cc1nn(-c2ccccc2)c(C)c1/C=C/C(=O)c1ccc(Br)cc1. The molecule has 0 aliphatic heterocycles. The third kappa shape index (κ3) is 3.39. The van der Waals surface area contributed by atoms with Gasteiger partial charge in [-0.3, -0.25) is 4.79 Å². The third-order valence-electron chi connectivity index (χ3n) is 3.88. The summed E-state index contributed by atoms with van der Waals surface area (Å²) >= 11 is 3.37. The van der Waals surface area contributed by atoms with Gasteiger partial charge in [0.15, 0.2) is 5.78 Å². The molecule has 2 aromatic carbocycles. The van der Waals surface area contributed by atoms with Crippen molar-refractivity contribution in [3.05, 3.63) is 87.7 Å². The molecular weight excluding hydrogens is 364 g/mol. The van der Waals surface area contributed by atoms with Crippen LogP contribution in [0.15, 0.2) is 65.1 Å². The van der Waals surface area contributed by atoms with Crippen molar-refractivity contribution in [2.45, 2.75) is 13.8 Å². The molecule has 0 spiro atoms. The van der Waals surface area contributed by atoms with Gasteiger partial charge in [-0.25, -0.2) is 4.68 Å². The number of hydrogen-bond donors (Lipinski definition) is 0. The lowest BCUT2D eigenvalue weighted by Crippen LogP contribution is -1.98. The molecule has 0 N–H and O–H groups in total. The van der Waals surface area contributed by atoms with Crippen molar-refractivity contribution in [3.63, 3.8) is 0 Å². The maximum atomic E-state index is 12.3. The average molecular weight is 381 g/mol. The molecule has 0 aliphatic rings. The van der Waals surface area contributed by atoms with Crippen LogP contribution >= 0.6 is 15.9 Å². The van der Waals surface area contributed by atoms with Gasteiger partial charge in [0.1, 0.15) is 0 Å². The molecule has 0 saturated heterocycles. The second kappa shape index (κ2) is 6.97. The summed E-state index contributed by atoms with van der Waals surface area (Å²) in [5, 5.41) is 4.59. The van der Waals surface area contributed by atoms with Crippen molar-refractivity contribution in [3.8, 4) is 5.69 Å². The highest BCUT2D eigenvalue weighted by Crippen LogP contribution is 2.19. The van der Waals surface area contributed by atoms with Crippen LogP contribution in [0.4, 0.5) is 0 Å². The predicted octanol–water partition coefficient (Wildman–Crippen LogP) is 5.15. The van der Waals surface area contributed by atoms with Gasteiger partial charge >= 0.3 is 0 Å². The summed E-state index contributed by atoms with van der Waals surface area (Å²) in [6, 6.07) is 17.3. The molecule has 1 aromatic heterocycles. The summed E-state index contributed by atoms with van der Waals surface area (Å²) in [7, 11) is 0. The van der Waals surface area contributed by atoms with Gasteiger partial charge in [0.25, 0.3) is 0 Å². The first-order valence-corrected chi connectivity index (χ1v) is 8.45. The molecule has 0 aliphatic carbocycles. The minimum Gasteiger partial charge on any atom is -0.289 e. The van der Waals surface area contributed by atoms with Crippen LogP contribution in [0.5, 0.6) is 0 Å². The van der Waals surface area contributed by atoms with Gasteiger partial charge in [-0.1, -0.05) is 34.1 Å². The fourth-order valence-corrected chi connectivity index (χ4v) is 2.85. The molecular formula is C20H17BrN2O. The van der Waals surface area contributed by atoms with Gasteiger partial charge in [-0.05, 0) is 62.4 Å². The zero-order chi connectivity index (χ0) is 17.1. The van der Waals surface area contributed by atoms with E-state index >= 15 is 0 Å². The van der Waals surface area contributed by atoms with Crippen molar-refractivity contribution < 1.29 is 4.79 Å². The van der Waals surface area contributed by atoms with Crippen molar-refractivity contribution in [2.24, 2.45) is 0 Å². The summed E-state index contributed by atoms with van der Waals surface area (Å²) in [4.78, 5) is 12.3. The predicted molar refractivity (Wildman–Crippen MR) is 101 cm³/mol. The summed E-state index contributed by atoms with van der Waals surface area (Å²) in [5.41, 5.74) is 4.57. The van der Waals surface area contributed by atoms with E-state index in [4.69, 9.17) is 0 Å². The fraction of sp³-hybridized carbons (Fsp3) is 0.100. The van der Waals surface area contributed by atoms with Gasteiger partial charge in [-0.2, -0.15) is 5.10 Å². The Labute approximate surface area is 149 Å². The number of carbonyl (C=O) groups excluding carboxylic acids is 1. The van der Waals surface area contributed by atoms with Crippen LogP contribution in [0.3, 0.4) is 0 Å². The van der Waals surface area contributed by atoms with Crippen LogP contribution in [0.25, 0.3) is 11.8 Å². The van der Waals surface area contributed by atoms with Gasteiger partial charge < -0.3 is 0 Å². The van der Waals surface area contributed by atoms with Gasteiger partial charge in [0, 0.05) is 21.3 Å². The Bertz CT molecular complexity index is 893. The van der Waals surface area contributed by atoms with Gasteiger partial charge in [-0.15, -0.1) is 0 Å². The first-order valence-electron chi connectivity index (χ1n) is 7.66. The Morgan fingerprint density at radius 1 is 1.04 bits per heavy atom. The van der Waals surface area contributed by atoms with Crippen molar-refractivity contribution >= 4 is 27.8 Å². The standard InChI is InChI=1S/C20H17BrN2O/c1-14-19(12-13-20(24)16-8-10-17(21)11-9-16)15(2)23(22-14)18-6-4-3-5-7-18/h3-13H,1-2H3/b13-12+. The van der Waals surface area contributed by atoms with Crippen LogP contribution in [0.1, 0.15) is 27.3 Å². The number of rotatable bonds is 4. The number of benzene rings is 2. The first-order chi connectivity index (χ1) is 11.6. The van der Waals surface area contributed by atoms with Crippen LogP contribution in [-0.4, -0.2) is 15.6 Å². The molecule has 120 valence electrons. The summed E-state index contributed by atoms with van der Waals surface area (Å²) in [6.07, 6.45) is 3.46. The van der Waals surface area contributed by atoms with Gasteiger partial charge in [0.05, 0.1) is 11.4 Å². The van der Waals surface area contributed by atoms with Crippen molar-refractivity contribution in [2.75, 3.05) is 0 Å². The number of nitrogens with zero attached hydrogens (tertiary/aromatic N) is 2. The Balaban J connectivity index is 1.89. The minimum absolute atomic E-state index is 0.0197. The van der Waals surface area contributed by atoms with E-state index in [9.17, 15) is 4.79 Å². The number of aryl methyl sites for hydroxylation is 1. The maximum absolute atomic E-state index is 12.3. The van der Waals surface area contributed by atoms with E-state index in [0.717, 1.165) is 27.1 Å². The molecule has 0 fully saturated rings. The second-order valence-electron chi connectivity index (χ2n) is 5.54. The third-order valence-corrected chi connectivity index (χ3v) is 4.41. The normalized spacial score (nSPS) is 11.1. The quantitative estimate of drug-likeness (QED) is 0.463. The Morgan fingerprint density at radius 2 is 1.71 bits per heavy atom. The number of hydrogen-bond acceptors (Lipinski definition) is 2. The van der Waals surface area contributed by atoms with Gasteiger partial charge in [0.2, 0.25) is 0 Å². The smallest absolute Gasteiger partial charge is 0.185 e. The number of ketones is 1. The highest BCUT2D eigenvalue weighted by Gasteiger charge is 2.11. The maximum Gasteiger partial charge on any atom is 0.185 e. The monoisotopic (exact) mass is 380 g/mol. The van der Waals surface area contributed by atoms with Crippen LogP contribution in [-0.2, 0) is 0 Å². The Hall–Kier alpha value is -2.46. The molecule has 3 nitrogen and oxygen atoms in total. The zero-order valence-corrected chi connectivity index (χ0v) is 15.1. The highest BCUT2D eigenvalue weighted by molar-refractivity contribution is 9.10. The molecule has 0 amide bonds. The average Bonchev–Trinajstić information content (AvgIpc) is 2.88. The van der Waals surface area contributed by atoms with E-state index in [2.05, 4.69) is 21.0 Å². The molecule has 0 saturated carbocycles. The largest absolute Gasteiger partial charge is 0.289 e. The van der Waals surface area contributed by atoms with E-state index in [1.165, 1.54) is 0 Å². The van der Waals surface area contributed by atoms with Crippen LogP contribution < -0.4 is 0 Å². The molecule has 3 rings (SSSR count). The summed E-state index contributed by atoms with van der Waals surface area (Å²) < 4.78 is 2.86. The molecule has 1 heterocycles. The zero-order valence-electron chi connectivity index (χ0n) is 13.5. The molecule has 0 radical (unpaired) electrons. The lowest BCUT2D eigenvalue weighted by Gasteiger charge is -2.03. The van der Waals surface area contributed by atoms with E-state index in [1.807, 2.05) is 79.2 Å². The first kappa shape index (κ1) is 16.4. The van der Waals surface area contributed by atoms with E-state index in [0.29, 0.717) is 5.56 Å². The fourth-order valence-electron chi connectivity index (χ4n) is 2.59. The lowest BCUT2D eigenvalue weighted by atomic mass is 10.1. The number of aromatic nitrogens is 2. The van der Waals surface area contributed by atoms with Crippen molar-refractivity contribution in [1.29, 1.82) is 0 Å². The highest BCUT2D eigenvalue weighted by atomic mass is 79.9. The van der Waals surface area contributed by atoms with Crippen molar-refractivity contribution in [1.82, 2.24) is 9.78 Å². The molecule has 0 unspecified atom stereocenters. The summed E-state index contributed by atoms with van der Waals surface area (Å²) in [6.45, 7) is 3.97. The topological polar surface area (TPSA) is 34.9 Å². The molecule has 4 heteroatoms. The number of allylic oxidation sites excluding steroid dienone is 1. The summed E-state index contributed by atoms with van der Waals surface area (Å²) in [5.74, 6) is -0.0197. The Morgan fingerprint density at radius 3 is 2.38 bits per heavy atom. The molecule has 24 heavy (non-hydrogen) atoms. The Kier molecular flexibility index (Phi) is 4.76. The lowest BCUT2D eigenvalue weighted by molar-refractivity contribution is 0.104. The minimum atomic E-state index is -0.0197. The molecule has 0 bridgehead atoms. The van der Waals surface area contributed by atoms with E-state index in [-0.39, 0.29) is 5.78 Å². The van der Waals surface area contributed by atoms with E-state index < -0.39 is 0 Å². The molecule has 3 aromatic rings. The number of halogens is 1.